The maximum absolute atomic E-state index is 11.5. The van der Waals surface area contributed by atoms with Crippen molar-refractivity contribution in [3.63, 3.8) is 0 Å². The second kappa shape index (κ2) is 6.41. The maximum Gasteiger partial charge on any atom is 0.478 e. The van der Waals surface area contributed by atoms with Crippen LogP contribution >= 0.6 is 12.2 Å². The third-order valence-corrected chi connectivity index (χ3v) is 3.38. The Morgan fingerprint density at radius 1 is 1.32 bits per heavy atom. The molecule has 1 rings (SSSR count). The fraction of sp³-hybridized carbons (Fsp3) is 0.273. The third-order valence-electron chi connectivity index (χ3n) is 2.76. The molecule has 1 unspecified atom stereocenters. The Morgan fingerprint density at radius 2 is 1.82 bits per heavy atom. The van der Waals surface area contributed by atoms with E-state index in [9.17, 15) is 35.2 Å². The van der Waals surface area contributed by atoms with E-state index in [1.165, 1.54) is 18.2 Å². The van der Waals surface area contributed by atoms with E-state index in [1.54, 1.807) is 0 Å². The first-order valence-corrected chi connectivity index (χ1v) is 6.18. The number of aliphatic carboxylic acids is 1. The molecule has 0 saturated carbocycles. The number of hydrazine groups is 1. The number of benzene rings is 1. The molecule has 22 heavy (non-hydrogen) atoms. The average Bonchev–Trinajstić information content (AvgIpc) is 2.43. The molecule has 1 aromatic rings. The Bertz CT molecular complexity index is 605. The van der Waals surface area contributed by atoms with Gasteiger partial charge < -0.3 is 10.2 Å². The van der Waals surface area contributed by atoms with Crippen molar-refractivity contribution in [3.8, 4) is 0 Å². The lowest BCUT2D eigenvalue weighted by atomic mass is 10.0. The molecule has 0 spiro atoms. The van der Waals surface area contributed by atoms with Gasteiger partial charge in [0.15, 0.2) is 5.03 Å². The molecular weight excluding hydrogens is 318 g/mol. The molecule has 2 atom stereocenters. The van der Waals surface area contributed by atoms with E-state index < -0.39 is 32.6 Å². The highest BCUT2D eigenvalue weighted by atomic mass is 32.1. The quantitative estimate of drug-likeness (QED) is 0.315. The molecular formula is C11H11N3O7S. The van der Waals surface area contributed by atoms with Crippen LogP contribution in [0.1, 0.15) is 6.92 Å². The molecule has 2 N–H and O–H groups in total. The first kappa shape index (κ1) is 17.4. The Kier molecular flexibility index (Phi) is 5.06. The zero-order valence-corrected chi connectivity index (χ0v) is 12.0. The van der Waals surface area contributed by atoms with Crippen LogP contribution in [0.15, 0.2) is 30.3 Å². The molecule has 0 aliphatic rings. The predicted molar refractivity (Wildman–Crippen MR) is 77.6 cm³/mol. The Labute approximate surface area is 128 Å². The van der Waals surface area contributed by atoms with Gasteiger partial charge in [0.25, 0.3) is 0 Å². The number of para-hydroxylation sites is 1. The lowest BCUT2D eigenvalue weighted by molar-refractivity contribution is -0.607. The van der Waals surface area contributed by atoms with Gasteiger partial charge in [0.1, 0.15) is 10.6 Å². The maximum atomic E-state index is 11.5. The van der Waals surface area contributed by atoms with Crippen LogP contribution in [-0.2, 0) is 4.79 Å². The number of carbonyl (C=O) groups is 1. The smallest absolute Gasteiger partial charge is 0.474 e. The highest BCUT2D eigenvalue weighted by Gasteiger charge is 2.68. The summed E-state index contributed by atoms with van der Waals surface area (Å²) >= 11 is 4.64. The van der Waals surface area contributed by atoms with Crippen molar-refractivity contribution in [1.29, 1.82) is 0 Å². The first-order valence-electron chi connectivity index (χ1n) is 5.77. The van der Waals surface area contributed by atoms with E-state index in [0.29, 0.717) is 0 Å². The molecule has 0 aromatic heterocycles. The summed E-state index contributed by atoms with van der Waals surface area (Å²) in [7, 11) is 0. The zero-order chi connectivity index (χ0) is 17.1. The third kappa shape index (κ3) is 2.71. The number of hydrogen-bond donors (Lipinski definition) is 2. The van der Waals surface area contributed by atoms with E-state index >= 15 is 0 Å². The number of aliphatic hydroxyl groups is 1. The van der Waals surface area contributed by atoms with Crippen LogP contribution < -0.4 is 5.01 Å². The fourth-order valence-corrected chi connectivity index (χ4v) is 2.05. The van der Waals surface area contributed by atoms with Crippen LogP contribution in [-0.4, -0.2) is 42.8 Å². The van der Waals surface area contributed by atoms with Gasteiger partial charge in [-0.25, -0.2) is 14.9 Å². The lowest BCUT2D eigenvalue weighted by Gasteiger charge is -2.27. The van der Waals surface area contributed by atoms with Gasteiger partial charge in [0.2, 0.25) is 0 Å². The molecule has 11 heteroatoms. The number of anilines is 1. The van der Waals surface area contributed by atoms with Gasteiger partial charge in [0.05, 0.1) is 11.0 Å². The number of thiocarbonyl (C=S) groups is 1. The summed E-state index contributed by atoms with van der Waals surface area (Å²) in [4.78, 5) is 31.8. The monoisotopic (exact) mass is 329 g/mol. The predicted octanol–water partition coefficient (Wildman–Crippen LogP) is 0.493. The number of carboxylic acids is 1. The van der Waals surface area contributed by atoms with E-state index in [2.05, 4.69) is 12.2 Å². The minimum absolute atomic E-state index is 0.176. The van der Waals surface area contributed by atoms with Crippen LogP contribution in [0.3, 0.4) is 0 Å². The van der Waals surface area contributed by atoms with Crippen molar-refractivity contribution in [3.05, 3.63) is 50.6 Å². The molecule has 0 saturated heterocycles. The van der Waals surface area contributed by atoms with Crippen molar-refractivity contribution in [2.24, 2.45) is 0 Å². The molecule has 0 radical (unpaired) electrons. The summed E-state index contributed by atoms with van der Waals surface area (Å²) in [6, 6.07) is 6.40. The van der Waals surface area contributed by atoms with Crippen molar-refractivity contribution in [2.45, 2.75) is 18.7 Å². The van der Waals surface area contributed by atoms with Gasteiger partial charge in [-0.1, -0.05) is 30.4 Å². The number of hydrogen-bond acceptors (Lipinski definition) is 7. The van der Waals surface area contributed by atoms with Crippen molar-refractivity contribution >= 4 is 28.7 Å². The molecule has 0 aliphatic carbocycles. The van der Waals surface area contributed by atoms with Crippen LogP contribution in [0.2, 0.25) is 0 Å². The number of nitro groups is 2. The van der Waals surface area contributed by atoms with Gasteiger partial charge in [-0.15, -0.1) is 0 Å². The Balaban J connectivity index is 3.73. The highest BCUT2D eigenvalue weighted by molar-refractivity contribution is 7.80. The molecule has 0 fully saturated rings. The fourth-order valence-electron chi connectivity index (χ4n) is 1.81. The molecule has 0 amide bonds. The van der Waals surface area contributed by atoms with Gasteiger partial charge in [-0.05, 0) is 24.1 Å². The highest BCUT2D eigenvalue weighted by Crippen LogP contribution is 2.28. The average molecular weight is 329 g/mol. The Hall–Kier alpha value is -2.66. The minimum atomic E-state index is -3.42. The van der Waals surface area contributed by atoms with E-state index in [1.807, 2.05) is 0 Å². The van der Waals surface area contributed by atoms with E-state index in [4.69, 9.17) is 0 Å². The molecule has 0 heterocycles. The summed E-state index contributed by atoms with van der Waals surface area (Å²) in [5, 5.41) is 40.1. The first-order chi connectivity index (χ1) is 10.2. The molecule has 0 bridgehead atoms. The van der Waals surface area contributed by atoms with Gasteiger partial charge >= 0.3 is 11.6 Å². The normalized spacial score (nSPS) is 14.5. The minimum Gasteiger partial charge on any atom is -0.474 e. The summed E-state index contributed by atoms with van der Waals surface area (Å²) in [5.41, 5.74) is -3.79. The topological polar surface area (TPSA) is 147 Å². The van der Waals surface area contributed by atoms with Crippen molar-refractivity contribution in [2.75, 3.05) is 5.01 Å². The van der Waals surface area contributed by atoms with Gasteiger partial charge in [0, 0.05) is 0 Å². The summed E-state index contributed by atoms with van der Waals surface area (Å²) < 4.78 is 0. The molecule has 1 aromatic carbocycles. The van der Waals surface area contributed by atoms with Crippen molar-refractivity contribution < 1.29 is 25.0 Å². The lowest BCUT2D eigenvalue weighted by Crippen LogP contribution is -2.68. The zero-order valence-electron chi connectivity index (χ0n) is 11.1. The summed E-state index contributed by atoms with van der Waals surface area (Å²) in [5.74, 6) is -2.18. The van der Waals surface area contributed by atoms with E-state index in [0.717, 1.165) is 19.1 Å². The largest absolute Gasteiger partial charge is 0.478 e. The van der Waals surface area contributed by atoms with Crippen molar-refractivity contribution in [1.82, 2.24) is 0 Å². The second-order valence-electron chi connectivity index (χ2n) is 4.16. The molecule has 0 aliphatic heterocycles. The second-order valence-corrected chi connectivity index (χ2v) is 4.60. The van der Waals surface area contributed by atoms with E-state index in [-0.39, 0.29) is 10.7 Å². The number of aliphatic hydroxyl groups excluding tert-OH is 1. The Morgan fingerprint density at radius 3 is 2.14 bits per heavy atom. The molecule has 10 nitrogen and oxygen atoms in total. The van der Waals surface area contributed by atoms with Gasteiger partial charge in [-0.2, -0.15) is 0 Å². The number of carboxylic acid groups (broad SMARTS) is 1. The summed E-state index contributed by atoms with van der Waals surface area (Å²) in [6.45, 7) is 0.993. The standard InChI is InChI=1S/C11H11N3O7S/c1-7(15)9(22)11(10(16)17,13(18)19)12(14(20)21)8-5-3-2-4-6-8/h2-7,15H,1H3,(H,16,17)/t7?,11-/m1/s1. The SMILES string of the molecule is CC(O)C(=S)[C@@](C(=O)O)(N(c1ccccc1)[N+](=O)[O-])[N+](=O)[O-]. The molecule has 118 valence electrons. The van der Waals surface area contributed by atoms with Crippen LogP contribution in [0.4, 0.5) is 5.69 Å². The van der Waals surface area contributed by atoms with Crippen LogP contribution in [0.5, 0.6) is 0 Å². The number of rotatable bonds is 7. The summed E-state index contributed by atoms with van der Waals surface area (Å²) in [6.07, 6.45) is -1.73. The van der Waals surface area contributed by atoms with Gasteiger partial charge in [-0.3, -0.25) is 10.1 Å². The number of nitrogens with zero attached hydrogens (tertiary/aromatic N) is 3. The van der Waals surface area contributed by atoms with Crippen LogP contribution in [0.25, 0.3) is 0 Å². The van der Waals surface area contributed by atoms with Crippen LogP contribution in [0, 0.1) is 20.2 Å².